The van der Waals surface area contributed by atoms with E-state index in [4.69, 9.17) is 4.74 Å². The Bertz CT molecular complexity index is 751. The summed E-state index contributed by atoms with van der Waals surface area (Å²) in [6.07, 6.45) is -0.763. The van der Waals surface area contributed by atoms with Crippen molar-refractivity contribution in [2.75, 3.05) is 31.1 Å². The van der Waals surface area contributed by atoms with E-state index in [-0.39, 0.29) is 29.8 Å². The first-order valence-corrected chi connectivity index (χ1v) is 8.51. The minimum absolute atomic E-state index is 0. The zero-order valence-electron chi connectivity index (χ0n) is 14.4. The van der Waals surface area contributed by atoms with Crippen LogP contribution in [-0.4, -0.2) is 44.3 Å². The summed E-state index contributed by atoms with van der Waals surface area (Å²) in [5.41, 5.74) is 1.40. The Morgan fingerprint density at radius 1 is 1.38 bits per heavy atom. The molecule has 138 valence electrons. The topological polar surface area (TPSA) is 94.5 Å². The molecule has 4 rings (SSSR count). The lowest BCUT2D eigenvalue weighted by molar-refractivity contribution is -0.119. The number of fused-ring (bicyclic) bond motifs is 1. The van der Waals surface area contributed by atoms with E-state index in [1.165, 1.54) is 6.92 Å². The summed E-state index contributed by atoms with van der Waals surface area (Å²) >= 11 is 0. The van der Waals surface area contributed by atoms with Gasteiger partial charge in [0.25, 0.3) is 0 Å². The van der Waals surface area contributed by atoms with Crippen molar-refractivity contribution in [3.05, 3.63) is 29.8 Å². The lowest BCUT2D eigenvalue weighted by atomic mass is 9.92. The standard InChI is InChI=1S/C18H20N4O3.ClH/c1-11(23)21-6-14-9-22(17(24)25-14)13-4-2-12(3-5-13)18(10-19)15-7-20-8-16(15)18;/h2-5,14-16,20H,6-9H2,1H3,(H,21,23);1H/t14-,15?,16?,18?;/m0./s1. The Balaban J connectivity index is 0.00000196. The highest BCUT2D eigenvalue weighted by atomic mass is 35.5. The van der Waals surface area contributed by atoms with Crippen molar-refractivity contribution in [2.45, 2.75) is 18.4 Å². The third-order valence-electron chi connectivity index (χ3n) is 5.57. The van der Waals surface area contributed by atoms with Gasteiger partial charge < -0.3 is 15.4 Å². The van der Waals surface area contributed by atoms with Crippen LogP contribution in [0, 0.1) is 23.2 Å². The number of benzene rings is 1. The Labute approximate surface area is 158 Å². The SMILES string of the molecule is CC(=O)NC[C@H]1CN(c2ccc(C3(C#N)C4CNCC43)cc2)C(=O)O1.Cl. The number of cyclic esters (lactones) is 1. The van der Waals surface area contributed by atoms with Gasteiger partial charge in [0.1, 0.15) is 6.10 Å². The van der Waals surface area contributed by atoms with E-state index >= 15 is 0 Å². The first-order valence-electron chi connectivity index (χ1n) is 8.51. The molecule has 3 aliphatic rings. The van der Waals surface area contributed by atoms with Crippen LogP contribution in [0.25, 0.3) is 0 Å². The molecule has 1 aromatic rings. The van der Waals surface area contributed by atoms with Crippen molar-refractivity contribution in [1.29, 1.82) is 5.26 Å². The van der Waals surface area contributed by atoms with E-state index in [0.29, 0.717) is 24.9 Å². The molecule has 0 bridgehead atoms. The summed E-state index contributed by atoms with van der Waals surface area (Å²) in [7, 11) is 0. The molecule has 2 saturated heterocycles. The molecule has 0 aromatic heterocycles. The number of nitrogens with zero attached hydrogens (tertiary/aromatic N) is 2. The average Bonchev–Trinajstić information content (AvgIpc) is 2.95. The quantitative estimate of drug-likeness (QED) is 0.822. The monoisotopic (exact) mass is 376 g/mol. The maximum atomic E-state index is 12.1. The van der Waals surface area contributed by atoms with Crippen molar-refractivity contribution < 1.29 is 14.3 Å². The number of halogens is 1. The summed E-state index contributed by atoms with van der Waals surface area (Å²) in [6.45, 7) is 3.92. The number of rotatable bonds is 4. The molecule has 8 heteroatoms. The fraction of sp³-hybridized carbons (Fsp3) is 0.500. The summed E-state index contributed by atoms with van der Waals surface area (Å²) in [5, 5.41) is 15.7. The van der Waals surface area contributed by atoms with Gasteiger partial charge in [0, 0.05) is 37.5 Å². The fourth-order valence-electron chi connectivity index (χ4n) is 4.21. The van der Waals surface area contributed by atoms with E-state index < -0.39 is 6.09 Å². The minimum Gasteiger partial charge on any atom is -0.442 e. The summed E-state index contributed by atoms with van der Waals surface area (Å²) < 4.78 is 5.28. The number of carbonyl (C=O) groups excluding carboxylic acids is 2. The van der Waals surface area contributed by atoms with Gasteiger partial charge in [-0.25, -0.2) is 4.79 Å². The number of ether oxygens (including phenoxy) is 1. The first-order chi connectivity index (χ1) is 12.1. The second-order valence-electron chi connectivity index (χ2n) is 6.95. The largest absolute Gasteiger partial charge is 0.442 e. The lowest BCUT2D eigenvalue weighted by Crippen LogP contribution is -2.33. The van der Waals surface area contributed by atoms with E-state index in [0.717, 1.165) is 24.3 Å². The van der Waals surface area contributed by atoms with Gasteiger partial charge in [-0.05, 0) is 17.7 Å². The molecule has 1 aliphatic carbocycles. The van der Waals surface area contributed by atoms with E-state index in [1.807, 2.05) is 24.3 Å². The molecule has 0 spiro atoms. The van der Waals surface area contributed by atoms with Crippen LogP contribution >= 0.6 is 12.4 Å². The zero-order valence-corrected chi connectivity index (χ0v) is 15.2. The molecular formula is C18H21ClN4O3. The van der Waals surface area contributed by atoms with Crippen LogP contribution in [-0.2, 0) is 14.9 Å². The normalized spacial score (nSPS) is 31.5. The highest BCUT2D eigenvalue weighted by Crippen LogP contribution is 2.61. The molecule has 2 heterocycles. The number of anilines is 1. The minimum atomic E-state index is -0.411. The van der Waals surface area contributed by atoms with Gasteiger partial charge in [0.05, 0.1) is 24.6 Å². The molecule has 2 unspecified atom stereocenters. The maximum Gasteiger partial charge on any atom is 0.414 e. The number of nitriles is 1. The van der Waals surface area contributed by atoms with E-state index in [9.17, 15) is 14.9 Å². The second-order valence-corrected chi connectivity index (χ2v) is 6.95. The van der Waals surface area contributed by atoms with Gasteiger partial charge in [0.15, 0.2) is 0 Å². The summed E-state index contributed by atoms with van der Waals surface area (Å²) in [4.78, 5) is 24.6. The van der Waals surface area contributed by atoms with Crippen molar-refractivity contribution in [2.24, 2.45) is 11.8 Å². The highest BCUT2D eigenvalue weighted by molar-refractivity contribution is 5.89. The molecule has 3 fully saturated rings. The van der Waals surface area contributed by atoms with Crippen molar-refractivity contribution >= 4 is 30.1 Å². The van der Waals surface area contributed by atoms with Crippen LogP contribution < -0.4 is 15.5 Å². The fourth-order valence-corrected chi connectivity index (χ4v) is 4.21. The maximum absolute atomic E-state index is 12.1. The highest BCUT2D eigenvalue weighted by Gasteiger charge is 2.68. The first kappa shape index (κ1) is 18.5. The predicted molar refractivity (Wildman–Crippen MR) is 97.1 cm³/mol. The van der Waals surface area contributed by atoms with Crippen molar-refractivity contribution in [3.8, 4) is 6.07 Å². The Morgan fingerprint density at radius 3 is 2.62 bits per heavy atom. The molecule has 1 aromatic carbocycles. The molecule has 2 aliphatic heterocycles. The van der Waals surface area contributed by atoms with Crippen LogP contribution in [0.4, 0.5) is 10.5 Å². The van der Waals surface area contributed by atoms with E-state index in [2.05, 4.69) is 16.7 Å². The van der Waals surface area contributed by atoms with Crippen LogP contribution in [0.3, 0.4) is 0 Å². The van der Waals surface area contributed by atoms with Crippen LogP contribution in [0.15, 0.2) is 24.3 Å². The second kappa shape index (κ2) is 6.78. The zero-order chi connectivity index (χ0) is 17.6. The summed E-state index contributed by atoms with van der Waals surface area (Å²) in [6, 6.07) is 10.2. The number of hydrogen-bond acceptors (Lipinski definition) is 5. The number of hydrogen-bond donors (Lipinski definition) is 2. The van der Waals surface area contributed by atoms with Gasteiger partial charge in [0.2, 0.25) is 5.91 Å². The van der Waals surface area contributed by atoms with Crippen LogP contribution in [0.1, 0.15) is 12.5 Å². The van der Waals surface area contributed by atoms with Gasteiger partial charge in [-0.3, -0.25) is 9.69 Å². The predicted octanol–water partition coefficient (Wildman–Crippen LogP) is 1.18. The number of amides is 2. The van der Waals surface area contributed by atoms with Crippen LogP contribution in [0.2, 0.25) is 0 Å². The molecule has 3 atom stereocenters. The lowest BCUT2D eigenvalue weighted by Gasteiger charge is -2.17. The Morgan fingerprint density at radius 2 is 2.04 bits per heavy atom. The van der Waals surface area contributed by atoms with Crippen molar-refractivity contribution in [1.82, 2.24) is 10.6 Å². The Hall–Kier alpha value is -2.30. The molecule has 0 radical (unpaired) electrons. The molecule has 26 heavy (non-hydrogen) atoms. The molecular weight excluding hydrogens is 356 g/mol. The number of piperidine rings is 1. The molecule has 2 amide bonds. The third kappa shape index (κ3) is 2.79. The molecule has 7 nitrogen and oxygen atoms in total. The van der Waals surface area contributed by atoms with Gasteiger partial charge in [-0.2, -0.15) is 5.26 Å². The summed E-state index contributed by atoms with van der Waals surface area (Å²) in [5.74, 6) is 0.634. The third-order valence-corrected chi connectivity index (χ3v) is 5.57. The smallest absolute Gasteiger partial charge is 0.414 e. The molecule has 2 N–H and O–H groups in total. The number of carbonyl (C=O) groups is 2. The average molecular weight is 377 g/mol. The van der Waals surface area contributed by atoms with E-state index in [1.54, 1.807) is 4.90 Å². The van der Waals surface area contributed by atoms with Crippen LogP contribution in [0.5, 0.6) is 0 Å². The van der Waals surface area contributed by atoms with Gasteiger partial charge >= 0.3 is 6.09 Å². The van der Waals surface area contributed by atoms with Crippen molar-refractivity contribution in [3.63, 3.8) is 0 Å². The molecule has 1 saturated carbocycles. The number of nitrogens with one attached hydrogen (secondary N) is 2. The Kier molecular flexibility index (Phi) is 4.82. The van der Waals surface area contributed by atoms with Gasteiger partial charge in [-0.1, -0.05) is 12.1 Å². The van der Waals surface area contributed by atoms with Gasteiger partial charge in [-0.15, -0.1) is 12.4 Å².